The quantitative estimate of drug-likeness (QED) is 0.122. The molecule has 3 fully saturated rings. The van der Waals surface area contributed by atoms with Gasteiger partial charge in [-0.25, -0.2) is 9.59 Å². The van der Waals surface area contributed by atoms with E-state index in [1.807, 2.05) is 12.1 Å². The highest BCUT2D eigenvalue weighted by Gasteiger charge is 2.37. The van der Waals surface area contributed by atoms with Crippen molar-refractivity contribution in [2.45, 2.75) is 96.6 Å². The monoisotopic (exact) mass is 774 g/mol. The first kappa shape index (κ1) is 40.4. The van der Waals surface area contributed by atoms with Gasteiger partial charge in [0.25, 0.3) is 0 Å². The molecule has 10 nitrogen and oxygen atoms in total. The van der Waals surface area contributed by atoms with Crippen LogP contribution >= 0.6 is 0 Å². The third-order valence-electron chi connectivity index (χ3n) is 11.8. The highest BCUT2D eigenvalue weighted by atomic mass is 16.7. The third-order valence-corrected chi connectivity index (χ3v) is 11.8. The Hall–Kier alpha value is -4.77. The molecule has 302 valence electrons. The summed E-state index contributed by atoms with van der Waals surface area (Å²) in [6.45, 7) is 12.3. The summed E-state index contributed by atoms with van der Waals surface area (Å²) in [5, 5.41) is 11.4. The van der Waals surface area contributed by atoms with Gasteiger partial charge in [0.1, 0.15) is 12.7 Å². The van der Waals surface area contributed by atoms with Crippen LogP contribution in [0.3, 0.4) is 0 Å². The lowest BCUT2D eigenvalue weighted by Crippen LogP contribution is -2.48. The Kier molecular flexibility index (Phi) is 13.6. The van der Waals surface area contributed by atoms with Gasteiger partial charge in [0.2, 0.25) is 12.2 Å². The number of carbonyl (C=O) groups excluding carboxylic acids is 2. The summed E-state index contributed by atoms with van der Waals surface area (Å²) >= 11 is 0. The molecule has 3 unspecified atom stereocenters. The molecule has 4 heterocycles. The Morgan fingerprint density at radius 2 is 1.70 bits per heavy atom. The van der Waals surface area contributed by atoms with E-state index in [0.29, 0.717) is 41.7 Å². The van der Waals surface area contributed by atoms with Gasteiger partial charge in [0, 0.05) is 43.6 Å². The summed E-state index contributed by atoms with van der Waals surface area (Å²) < 4.78 is 24.5. The molecule has 0 saturated carbocycles. The molecule has 3 atom stereocenters. The van der Waals surface area contributed by atoms with E-state index in [-0.39, 0.29) is 12.5 Å². The van der Waals surface area contributed by atoms with Crippen molar-refractivity contribution in [3.63, 3.8) is 0 Å². The van der Waals surface area contributed by atoms with E-state index in [4.69, 9.17) is 18.9 Å². The van der Waals surface area contributed by atoms with Crippen LogP contribution in [0.4, 0.5) is 0 Å². The van der Waals surface area contributed by atoms with Crippen LogP contribution in [0.5, 0.6) is 5.88 Å². The maximum atomic E-state index is 13.1. The minimum absolute atomic E-state index is 0.0193. The Morgan fingerprint density at radius 1 is 0.965 bits per heavy atom. The number of aromatic amines is 1. The van der Waals surface area contributed by atoms with E-state index < -0.39 is 30.4 Å². The number of nitrogens with zero attached hydrogens (tertiary/aromatic N) is 2. The predicted molar refractivity (Wildman–Crippen MR) is 221 cm³/mol. The van der Waals surface area contributed by atoms with Gasteiger partial charge in [0.05, 0.1) is 17.2 Å². The van der Waals surface area contributed by atoms with Gasteiger partial charge in [-0.05, 0) is 111 Å². The Morgan fingerprint density at radius 3 is 2.42 bits per heavy atom. The standard InChI is InChI=1S/C47H58N4O6/c1-33(2)43-41(28-38-19-18-35(27-34(38)3)13-10-11-25-51-26-12-20-47(32-51)21-23-48-24-22-47)44(50-49-43)57-42-30-39(56-46(53)37-16-8-5-9-17-37)29-40(55-42)31-54-45(52)36-14-6-4-7-15-36/h4-10,13-19,27,33,39-40,42,48H,11-12,20-26,28-32H2,1-3H3,(H,49,50). The highest BCUT2D eigenvalue weighted by molar-refractivity contribution is 5.89. The second-order valence-corrected chi connectivity index (χ2v) is 16.4. The zero-order chi connectivity index (χ0) is 39.6. The first-order chi connectivity index (χ1) is 27.7. The minimum Gasteiger partial charge on any atom is -0.459 e. The lowest BCUT2D eigenvalue weighted by atomic mass is 9.73. The summed E-state index contributed by atoms with van der Waals surface area (Å²) in [4.78, 5) is 28.6. The molecule has 10 heteroatoms. The molecule has 0 amide bonds. The number of piperidine rings is 2. The van der Waals surface area contributed by atoms with Crippen LogP contribution in [0.25, 0.3) is 6.08 Å². The Balaban J connectivity index is 1.00. The number of rotatable bonds is 14. The molecule has 2 N–H and O–H groups in total. The van der Waals surface area contributed by atoms with Crippen LogP contribution in [-0.4, -0.2) is 84.9 Å². The number of aromatic nitrogens is 2. The van der Waals surface area contributed by atoms with E-state index in [2.05, 4.69) is 71.5 Å². The van der Waals surface area contributed by atoms with Crippen LogP contribution in [-0.2, 0) is 20.6 Å². The van der Waals surface area contributed by atoms with Gasteiger partial charge < -0.3 is 29.2 Å². The summed E-state index contributed by atoms with van der Waals surface area (Å²) in [5.41, 5.74) is 6.98. The van der Waals surface area contributed by atoms with Gasteiger partial charge in [0.15, 0.2) is 0 Å². The van der Waals surface area contributed by atoms with Crippen molar-refractivity contribution < 1.29 is 28.5 Å². The smallest absolute Gasteiger partial charge is 0.338 e. The largest absolute Gasteiger partial charge is 0.459 e. The van der Waals surface area contributed by atoms with E-state index in [9.17, 15) is 9.59 Å². The second kappa shape index (κ2) is 19.1. The predicted octanol–water partition coefficient (Wildman–Crippen LogP) is 8.27. The van der Waals surface area contributed by atoms with Gasteiger partial charge >= 0.3 is 11.9 Å². The highest BCUT2D eigenvalue weighted by Crippen LogP contribution is 2.38. The fourth-order valence-electron chi connectivity index (χ4n) is 8.61. The fourth-order valence-corrected chi connectivity index (χ4v) is 8.61. The molecular weight excluding hydrogens is 717 g/mol. The maximum absolute atomic E-state index is 13.1. The molecule has 1 spiro atoms. The van der Waals surface area contributed by atoms with Crippen molar-refractivity contribution in [1.29, 1.82) is 0 Å². The summed E-state index contributed by atoms with van der Waals surface area (Å²) in [6, 6.07) is 24.4. The molecule has 3 aromatic carbocycles. The minimum atomic E-state index is -0.793. The number of aryl methyl sites for hydroxylation is 1. The van der Waals surface area contributed by atoms with E-state index in [1.165, 1.54) is 55.5 Å². The Labute approximate surface area is 337 Å². The molecule has 3 aliphatic rings. The summed E-state index contributed by atoms with van der Waals surface area (Å²) in [6.07, 6.45) is 10.3. The number of carbonyl (C=O) groups is 2. The lowest BCUT2D eigenvalue weighted by Gasteiger charge is -2.45. The number of H-pyrrole nitrogens is 1. The number of benzene rings is 3. The molecule has 4 aromatic rings. The molecule has 3 saturated heterocycles. The van der Waals surface area contributed by atoms with Crippen LogP contribution in [0.2, 0.25) is 0 Å². The van der Waals surface area contributed by atoms with E-state index >= 15 is 0 Å². The van der Waals surface area contributed by atoms with Crippen LogP contribution in [0.15, 0.2) is 84.9 Å². The normalized spacial score (nSPS) is 21.2. The topological polar surface area (TPSA) is 115 Å². The number of hydrogen-bond acceptors (Lipinski definition) is 9. The average molecular weight is 775 g/mol. The van der Waals surface area contributed by atoms with Crippen molar-refractivity contribution in [3.8, 4) is 5.88 Å². The zero-order valence-electron chi connectivity index (χ0n) is 33.7. The van der Waals surface area contributed by atoms with Crippen LogP contribution in [0, 0.1) is 12.3 Å². The van der Waals surface area contributed by atoms with Gasteiger partial charge in [-0.3, -0.25) is 5.10 Å². The first-order valence-corrected chi connectivity index (χ1v) is 20.8. The van der Waals surface area contributed by atoms with Gasteiger partial charge in [-0.2, -0.15) is 0 Å². The zero-order valence-corrected chi connectivity index (χ0v) is 33.7. The van der Waals surface area contributed by atoms with Crippen molar-refractivity contribution in [3.05, 3.63) is 124 Å². The maximum Gasteiger partial charge on any atom is 0.338 e. The molecule has 1 aromatic heterocycles. The molecule has 57 heavy (non-hydrogen) atoms. The molecule has 7 rings (SSSR count). The lowest BCUT2D eigenvalue weighted by molar-refractivity contribution is -0.186. The average Bonchev–Trinajstić information content (AvgIpc) is 3.62. The van der Waals surface area contributed by atoms with Crippen molar-refractivity contribution >= 4 is 18.0 Å². The van der Waals surface area contributed by atoms with Crippen molar-refractivity contribution in [2.24, 2.45) is 5.41 Å². The summed E-state index contributed by atoms with van der Waals surface area (Å²) in [5.74, 6) is -0.249. The Bertz CT molecular complexity index is 1950. The van der Waals surface area contributed by atoms with Crippen molar-refractivity contribution in [1.82, 2.24) is 20.4 Å². The van der Waals surface area contributed by atoms with Crippen LogP contribution in [0.1, 0.15) is 113 Å². The molecule has 3 aliphatic heterocycles. The number of esters is 2. The van der Waals surface area contributed by atoms with E-state index in [0.717, 1.165) is 37.3 Å². The third kappa shape index (κ3) is 10.8. The molecule has 0 bridgehead atoms. The molecular formula is C47H58N4O6. The second-order valence-electron chi connectivity index (χ2n) is 16.4. The first-order valence-electron chi connectivity index (χ1n) is 20.8. The van der Waals surface area contributed by atoms with Crippen molar-refractivity contribution in [2.75, 3.05) is 39.3 Å². The fraction of sp³-hybridized carbons (Fsp3) is 0.468. The number of nitrogens with one attached hydrogen (secondary N) is 2. The van der Waals surface area contributed by atoms with Gasteiger partial charge in [-0.15, -0.1) is 5.10 Å². The number of likely N-dealkylation sites (tertiary alicyclic amines) is 1. The van der Waals surface area contributed by atoms with Gasteiger partial charge in [-0.1, -0.05) is 80.6 Å². The molecule has 0 aliphatic carbocycles. The summed E-state index contributed by atoms with van der Waals surface area (Å²) in [7, 11) is 0. The van der Waals surface area contributed by atoms with Crippen LogP contribution < -0.4 is 10.1 Å². The number of hydrogen-bond donors (Lipinski definition) is 2. The molecule has 0 radical (unpaired) electrons. The SMILES string of the molecule is Cc1cc(C=CCCN2CCCC3(CCNCC3)C2)ccc1Cc1c(OC2CC(OC(=O)c3ccccc3)CC(COC(=O)c3ccccc3)O2)n[nH]c1C(C)C. The van der Waals surface area contributed by atoms with E-state index in [1.54, 1.807) is 48.5 Å². The number of ether oxygens (including phenoxy) is 4.